The summed E-state index contributed by atoms with van der Waals surface area (Å²) in [6, 6.07) is 11.7. The Labute approximate surface area is 153 Å². The second-order valence-electron chi connectivity index (χ2n) is 6.46. The van der Waals surface area contributed by atoms with Crippen molar-refractivity contribution in [1.29, 1.82) is 0 Å². The van der Waals surface area contributed by atoms with Crippen molar-refractivity contribution in [3.63, 3.8) is 0 Å². The number of anilines is 2. The highest BCUT2D eigenvalue weighted by Crippen LogP contribution is 2.25. The zero-order valence-corrected chi connectivity index (χ0v) is 15.3. The Balaban J connectivity index is 1.63. The number of para-hydroxylation sites is 1. The Bertz CT molecular complexity index is 742. The van der Waals surface area contributed by atoms with Crippen LogP contribution in [0.3, 0.4) is 0 Å². The van der Waals surface area contributed by atoms with Gasteiger partial charge in [-0.2, -0.15) is 0 Å². The number of nitrogens with one attached hydrogen (secondary N) is 1. The first kappa shape index (κ1) is 17.5. The molecule has 0 bridgehead atoms. The van der Waals surface area contributed by atoms with Gasteiger partial charge in [0.1, 0.15) is 5.82 Å². The van der Waals surface area contributed by atoms with Crippen molar-refractivity contribution in [1.82, 2.24) is 9.88 Å². The Morgan fingerprint density at radius 3 is 2.60 bits per heavy atom. The highest BCUT2D eigenvalue weighted by Gasteiger charge is 2.26. The molecular formula is C19H23ClN4O. The standard InChI is InChI=1S/C19H23ClN4O/c1-23(2)18-15(6-5-11-21-18)19(25)24-12-9-14(10-13-24)22-17-8-4-3-7-16(17)20/h3-8,11,14,22H,9-10,12-13H2,1-2H3. The van der Waals surface area contributed by atoms with Crippen LogP contribution in [0.15, 0.2) is 42.6 Å². The number of pyridine rings is 1. The molecule has 0 atom stereocenters. The van der Waals surface area contributed by atoms with Gasteiger partial charge in [-0.05, 0) is 37.1 Å². The number of likely N-dealkylation sites (tertiary alicyclic amines) is 1. The van der Waals surface area contributed by atoms with Gasteiger partial charge in [0.2, 0.25) is 0 Å². The number of amides is 1. The molecule has 0 unspecified atom stereocenters. The lowest BCUT2D eigenvalue weighted by Crippen LogP contribution is -2.42. The summed E-state index contributed by atoms with van der Waals surface area (Å²) < 4.78 is 0. The van der Waals surface area contributed by atoms with E-state index >= 15 is 0 Å². The lowest BCUT2D eigenvalue weighted by molar-refractivity contribution is 0.0719. The number of aromatic nitrogens is 1. The fourth-order valence-corrected chi connectivity index (χ4v) is 3.31. The van der Waals surface area contributed by atoms with Crippen LogP contribution >= 0.6 is 11.6 Å². The fraction of sp³-hybridized carbons (Fsp3) is 0.368. The molecule has 0 saturated carbocycles. The van der Waals surface area contributed by atoms with Crippen LogP contribution in [-0.4, -0.2) is 49.0 Å². The largest absolute Gasteiger partial charge is 0.381 e. The molecule has 2 heterocycles. The molecule has 1 aromatic carbocycles. The van der Waals surface area contributed by atoms with Gasteiger partial charge < -0.3 is 15.1 Å². The average molecular weight is 359 g/mol. The first-order chi connectivity index (χ1) is 12.1. The number of halogens is 1. The fourth-order valence-electron chi connectivity index (χ4n) is 3.12. The third-order valence-corrected chi connectivity index (χ3v) is 4.79. The molecule has 1 aliphatic heterocycles. The average Bonchev–Trinajstić information content (AvgIpc) is 2.63. The summed E-state index contributed by atoms with van der Waals surface area (Å²) in [5.74, 6) is 0.761. The SMILES string of the molecule is CN(C)c1ncccc1C(=O)N1CCC(Nc2ccccc2Cl)CC1. The molecule has 2 aromatic rings. The first-order valence-corrected chi connectivity index (χ1v) is 8.86. The number of hydrogen-bond donors (Lipinski definition) is 1. The van der Waals surface area contributed by atoms with E-state index in [0.29, 0.717) is 17.4 Å². The summed E-state index contributed by atoms with van der Waals surface area (Å²) in [5.41, 5.74) is 1.61. The molecular weight excluding hydrogens is 336 g/mol. The molecule has 1 N–H and O–H groups in total. The Hall–Kier alpha value is -2.27. The molecule has 1 aliphatic rings. The summed E-state index contributed by atoms with van der Waals surface area (Å²) in [7, 11) is 3.80. The molecule has 5 nitrogen and oxygen atoms in total. The first-order valence-electron chi connectivity index (χ1n) is 8.49. The molecule has 3 rings (SSSR count). The van der Waals surface area contributed by atoms with Crippen LogP contribution in [0.2, 0.25) is 5.02 Å². The molecule has 25 heavy (non-hydrogen) atoms. The van der Waals surface area contributed by atoms with E-state index in [4.69, 9.17) is 11.6 Å². The van der Waals surface area contributed by atoms with Gasteiger partial charge in [0.05, 0.1) is 16.3 Å². The maximum absolute atomic E-state index is 12.9. The van der Waals surface area contributed by atoms with Crippen LogP contribution in [0, 0.1) is 0 Å². The van der Waals surface area contributed by atoms with Gasteiger partial charge in [-0.15, -0.1) is 0 Å². The maximum atomic E-state index is 12.9. The summed E-state index contributed by atoms with van der Waals surface area (Å²) in [5, 5.41) is 4.22. The van der Waals surface area contributed by atoms with E-state index in [-0.39, 0.29) is 5.91 Å². The van der Waals surface area contributed by atoms with Crippen molar-refractivity contribution in [2.75, 3.05) is 37.4 Å². The molecule has 1 aromatic heterocycles. The summed E-state index contributed by atoms with van der Waals surface area (Å²) in [4.78, 5) is 21.0. The Kier molecular flexibility index (Phi) is 5.43. The summed E-state index contributed by atoms with van der Waals surface area (Å²) in [6.07, 6.45) is 3.51. The van der Waals surface area contributed by atoms with Gasteiger partial charge in [0.15, 0.2) is 0 Å². The number of carbonyl (C=O) groups is 1. The van der Waals surface area contributed by atoms with E-state index in [1.807, 2.05) is 60.3 Å². The topological polar surface area (TPSA) is 48.5 Å². The zero-order valence-electron chi connectivity index (χ0n) is 14.6. The van der Waals surface area contributed by atoms with Gasteiger partial charge in [0.25, 0.3) is 5.91 Å². The molecule has 1 saturated heterocycles. The number of benzene rings is 1. The van der Waals surface area contributed by atoms with Crippen molar-refractivity contribution < 1.29 is 4.79 Å². The quantitative estimate of drug-likeness (QED) is 0.908. The molecule has 1 amide bonds. The number of carbonyl (C=O) groups excluding carboxylic acids is 1. The maximum Gasteiger partial charge on any atom is 0.257 e. The zero-order chi connectivity index (χ0) is 17.8. The minimum atomic E-state index is 0.0491. The summed E-state index contributed by atoms with van der Waals surface area (Å²) in [6.45, 7) is 1.45. The Morgan fingerprint density at radius 1 is 1.20 bits per heavy atom. The molecule has 0 aliphatic carbocycles. The van der Waals surface area contributed by atoms with Crippen LogP contribution < -0.4 is 10.2 Å². The van der Waals surface area contributed by atoms with Crippen molar-refractivity contribution in [2.24, 2.45) is 0 Å². The smallest absolute Gasteiger partial charge is 0.257 e. The predicted octanol–water partition coefficient (Wildman–Crippen LogP) is 3.52. The van der Waals surface area contributed by atoms with Gasteiger partial charge in [0, 0.05) is 39.4 Å². The van der Waals surface area contributed by atoms with E-state index in [0.717, 1.165) is 36.6 Å². The molecule has 1 fully saturated rings. The van der Waals surface area contributed by atoms with Crippen molar-refractivity contribution in [3.05, 3.63) is 53.2 Å². The van der Waals surface area contributed by atoms with Crippen molar-refractivity contribution in [2.45, 2.75) is 18.9 Å². The van der Waals surface area contributed by atoms with Crippen LogP contribution in [0.25, 0.3) is 0 Å². The number of rotatable bonds is 4. The number of nitrogens with zero attached hydrogens (tertiary/aromatic N) is 3. The number of hydrogen-bond acceptors (Lipinski definition) is 4. The second kappa shape index (κ2) is 7.74. The lowest BCUT2D eigenvalue weighted by atomic mass is 10.0. The lowest BCUT2D eigenvalue weighted by Gasteiger charge is -2.33. The Morgan fingerprint density at radius 2 is 1.92 bits per heavy atom. The molecule has 132 valence electrons. The third kappa shape index (κ3) is 4.04. The highest BCUT2D eigenvalue weighted by atomic mass is 35.5. The monoisotopic (exact) mass is 358 g/mol. The molecule has 0 radical (unpaired) electrons. The van der Waals surface area contributed by atoms with Crippen LogP contribution in [0.4, 0.5) is 11.5 Å². The van der Waals surface area contributed by atoms with Crippen LogP contribution in [0.5, 0.6) is 0 Å². The van der Waals surface area contributed by atoms with E-state index in [2.05, 4.69) is 10.3 Å². The van der Waals surface area contributed by atoms with E-state index in [1.165, 1.54) is 0 Å². The van der Waals surface area contributed by atoms with E-state index in [9.17, 15) is 4.79 Å². The minimum Gasteiger partial charge on any atom is -0.381 e. The van der Waals surface area contributed by atoms with Gasteiger partial charge in [-0.3, -0.25) is 4.79 Å². The van der Waals surface area contributed by atoms with Gasteiger partial charge >= 0.3 is 0 Å². The third-order valence-electron chi connectivity index (χ3n) is 4.46. The van der Waals surface area contributed by atoms with Gasteiger partial charge in [-0.25, -0.2) is 4.98 Å². The predicted molar refractivity (Wildman–Crippen MR) is 103 cm³/mol. The van der Waals surface area contributed by atoms with Crippen molar-refractivity contribution in [3.8, 4) is 0 Å². The highest BCUT2D eigenvalue weighted by molar-refractivity contribution is 6.33. The molecule has 6 heteroatoms. The molecule has 0 spiro atoms. The van der Waals surface area contributed by atoms with Crippen LogP contribution in [-0.2, 0) is 0 Å². The normalized spacial score (nSPS) is 15.1. The minimum absolute atomic E-state index is 0.0491. The summed E-state index contributed by atoms with van der Waals surface area (Å²) >= 11 is 6.21. The van der Waals surface area contributed by atoms with E-state index in [1.54, 1.807) is 6.20 Å². The second-order valence-corrected chi connectivity index (χ2v) is 6.87. The van der Waals surface area contributed by atoms with Gasteiger partial charge in [-0.1, -0.05) is 23.7 Å². The van der Waals surface area contributed by atoms with E-state index < -0.39 is 0 Å². The number of piperidine rings is 1. The van der Waals surface area contributed by atoms with Crippen molar-refractivity contribution >= 4 is 29.0 Å². The van der Waals surface area contributed by atoms with Crippen LogP contribution in [0.1, 0.15) is 23.2 Å².